The first kappa shape index (κ1) is 17.9. The van der Waals surface area contributed by atoms with Gasteiger partial charge in [-0.3, -0.25) is 4.79 Å². The Hall–Kier alpha value is -3.54. The zero-order valence-corrected chi connectivity index (χ0v) is 15.6. The van der Waals surface area contributed by atoms with Gasteiger partial charge in [0.25, 0.3) is 0 Å². The molecule has 1 amide bonds. The van der Waals surface area contributed by atoms with Crippen molar-refractivity contribution < 1.29 is 19.0 Å². The Morgan fingerprint density at radius 1 is 0.964 bits per heavy atom. The van der Waals surface area contributed by atoms with Crippen LogP contribution in [0.5, 0.6) is 23.3 Å². The van der Waals surface area contributed by atoms with E-state index in [9.17, 15) is 4.79 Å². The van der Waals surface area contributed by atoms with Crippen LogP contribution in [0.25, 0.3) is 0 Å². The van der Waals surface area contributed by atoms with Crippen LogP contribution in [0.3, 0.4) is 0 Å². The van der Waals surface area contributed by atoms with E-state index in [0.717, 1.165) is 22.6 Å². The van der Waals surface area contributed by atoms with Crippen LogP contribution in [0.2, 0.25) is 0 Å². The van der Waals surface area contributed by atoms with Crippen molar-refractivity contribution in [1.82, 2.24) is 4.98 Å². The number of carbonyl (C=O) groups excluding carboxylic acids is 1. The normalized spacial score (nSPS) is 12.4. The second kappa shape index (κ2) is 7.60. The van der Waals surface area contributed by atoms with Crippen molar-refractivity contribution >= 4 is 11.6 Å². The lowest BCUT2D eigenvalue weighted by Crippen LogP contribution is -2.19. The van der Waals surface area contributed by atoms with Gasteiger partial charge >= 0.3 is 0 Å². The van der Waals surface area contributed by atoms with E-state index in [4.69, 9.17) is 14.2 Å². The molecule has 2 aromatic carbocycles. The fourth-order valence-electron chi connectivity index (χ4n) is 3.40. The fourth-order valence-corrected chi connectivity index (χ4v) is 3.40. The third kappa shape index (κ3) is 3.36. The lowest BCUT2D eigenvalue weighted by molar-refractivity contribution is -0.116. The van der Waals surface area contributed by atoms with E-state index in [1.54, 1.807) is 12.1 Å². The number of hydrogen-bond acceptors (Lipinski definition) is 5. The van der Waals surface area contributed by atoms with Gasteiger partial charge in [0.2, 0.25) is 17.7 Å². The van der Waals surface area contributed by atoms with Crippen LogP contribution in [-0.4, -0.2) is 25.1 Å². The van der Waals surface area contributed by atoms with Gasteiger partial charge in [0.05, 0.1) is 14.2 Å². The standard InChI is InChI=1S/C22H20N2O4/c1-26-21-12-11-17(22(24-21)27-2)23-20(25)13-16-14-7-3-5-9-18(14)28-19-10-6-4-8-15(16)19/h3-12,16H,13H2,1-2H3,(H,23,25). The third-order valence-corrected chi connectivity index (χ3v) is 4.71. The molecule has 0 aliphatic carbocycles. The molecule has 2 heterocycles. The van der Waals surface area contributed by atoms with E-state index >= 15 is 0 Å². The van der Waals surface area contributed by atoms with E-state index in [1.807, 2.05) is 48.5 Å². The molecule has 142 valence electrons. The quantitative estimate of drug-likeness (QED) is 0.716. The largest absolute Gasteiger partial charge is 0.481 e. The van der Waals surface area contributed by atoms with Crippen molar-refractivity contribution in [2.75, 3.05) is 19.5 Å². The molecule has 0 saturated heterocycles. The van der Waals surface area contributed by atoms with Gasteiger partial charge in [-0.1, -0.05) is 36.4 Å². The Bertz CT molecular complexity index is 973. The van der Waals surface area contributed by atoms with Crippen molar-refractivity contribution in [2.24, 2.45) is 0 Å². The maximum absolute atomic E-state index is 12.9. The van der Waals surface area contributed by atoms with Crippen LogP contribution < -0.4 is 19.5 Å². The van der Waals surface area contributed by atoms with Crippen molar-refractivity contribution in [2.45, 2.75) is 12.3 Å². The molecule has 6 nitrogen and oxygen atoms in total. The summed E-state index contributed by atoms with van der Waals surface area (Å²) in [5.74, 6) is 2.05. The maximum atomic E-state index is 12.9. The number of methoxy groups -OCH3 is 2. The van der Waals surface area contributed by atoms with E-state index in [2.05, 4.69) is 10.3 Å². The minimum absolute atomic E-state index is 0.0987. The van der Waals surface area contributed by atoms with Crippen LogP contribution in [0, 0.1) is 0 Å². The van der Waals surface area contributed by atoms with E-state index in [-0.39, 0.29) is 18.2 Å². The highest BCUT2D eigenvalue weighted by Crippen LogP contribution is 2.45. The number of fused-ring (bicyclic) bond motifs is 2. The summed E-state index contributed by atoms with van der Waals surface area (Å²) >= 11 is 0. The summed E-state index contributed by atoms with van der Waals surface area (Å²) in [5.41, 5.74) is 2.49. The smallest absolute Gasteiger partial charge is 0.240 e. The lowest BCUT2D eigenvalue weighted by atomic mass is 9.85. The predicted molar refractivity (Wildman–Crippen MR) is 105 cm³/mol. The summed E-state index contributed by atoms with van der Waals surface area (Å²) in [6.07, 6.45) is 0.270. The molecule has 0 atom stereocenters. The molecule has 1 aliphatic heterocycles. The number of ether oxygens (including phenoxy) is 3. The molecule has 1 N–H and O–H groups in total. The molecule has 0 unspecified atom stereocenters. The fraction of sp³-hybridized carbons (Fsp3) is 0.182. The number of anilines is 1. The van der Waals surface area contributed by atoms with Crippen molar-refractivity contribution in [3.8, 4) is 23.3 Å². The molecule has 0 bridgehead atoms. The highest BCUT2D eigenvalue weighted by molar-refractivity contribution is 5.93. The number of carbonyl (C=O) groups is 1. The number of rotatable bonds is 5. The summed E-state index contributed by atoms with van der Waals surface area (Å²) in [4.78, 5) is 17.1. The monoisotopic (exact) mass is 376 g/mol. The SMILES string of the molecule is COc1ccc(NC(=O)CC2c3ccccc3Oc3ccccc32)c(OC)n1. The molecule has 0 fully saturated rings. The number of pyridine rings is 1. The second-order valence-corrected chi connectivity index (χ2v) is 6.39. The summed E-state index contributed by atoms with van der Waals surface area (Å²) in [7, 11) is 3.03. The van der Waals surface area contributed by atoms with E-state index in [1.165, 1.54) is 14.2 Å². The molecular weight excluding hydrogens is 356 g/mol. The molecule has 3 aromatic rings. The average molecular weight is 376 g/mol. The van der Waals surface area contributed by atoms with Crippen molar-refractivity contribution in [3.63, 3.8) is 0 Å². The Labute approximate surface area is 163 Å². The van der Waals surface area contributed by atoms with Gasteiger partial charge in [0, 0.05) is 29.5 Å². The first-order valence-electron chi connectivity index (χ1n) is 8.94. The van der Waals surface area contributed by atoms with Crippen LogP contribution in [0.15, 0.2) is 60.7 Å². The van der Waals surface area contributed by atoms with Crippen molar-refractivity contribution in [1.29, 1.82) is 0 Å². The second-order valence-electron chi connectivity index (χ2n) is 6.39. The number of nitrogens with one attached hydrogen (secondary N) is 1. The van der Waals surface area contributed by atoms with Crippen LogP contribution in [-0.2, 0) is 4.79 Å². The third-order valence-electron chi connectivity index (χ3n) is 4.71. The van der Waals surface area contributed by atoms with Gasteiger partial charge in [-0.2, -0.15) is 4.98 Å². The molecule has 0 spiro atoms. The number of aromatic nitrogens is 1. The number of hydrogen-bond donors (Lipinski definition) is 1. The van der Waals surface area contributed by atoms with Gasteiger partial charge in [0.15, 0.2) is 0 Å². The first-order chi connectivity index (χ1) is 13.7. The Morgan fingerprint density at radius 2 is 1.61 bits per heavy atom. The Morgan fingerprint density at radius 3 is 2.21 bits per heavy atom. The van der Waals surface area contributed by atoms with E-state index < -0.39 is 0 Å². The number of amides is 1. The number of nitrogens with zero attached hydrogens (tertiary/aromatic N) is 1. The van der Waals surface area contributed by atoms with Gasteiger partial charge in [-0.05, 0) is 18.2 Å². The molecule has 4 rings (SSSR count). The van der Waals surface area contributed by atoms with Crippen LogP contribution in [0.4, 0.5) is 5.69 Å². The van der Waals surface area contributed by atoms with Gasteiger partial charge in [0.1, 0.15) is 17.2 Å². The zero-order chi connectivity index (χ0) is 19.5. The minimum atomic E-state index is -0.137. The van der Waals surface area contributed by atoms with Gasteiger partial charge in [-0.15, -0.1) is 0 Å². The highest BCUT2D eigenvalue weighted by atomic mass is 16.5. The molecular formula is C22H20N2O4. The lowest BCUT2D eigenvalue weighted by Gasteiger charge is -2.27. The van der Waals surface area contributed by atoms with Crippen LogP contribution >= 0.6 is 0 Å². The Balaban J connectivity index is 1.60. The van der Waals surface area contributed by atoms with E-state index in [0.29, 0.717) is 17.4 Å². The maximum Gasteiger partial charge on any atom is 0.240 e. The topological polar surface area (TPSA) is 69.7 Å². The molecule has 0 saturated carbocycles. The molecule has 28 heavy (non-hydrogen) atoms. The molecule has 6 heteroatoms. The highest BCUT2D eigenvalue weighted by Gasteiger charge is 2.29. The number of benzene rings is 2. The van der Waals surface area contributed by atoms with Gasteiger partial charge < -0.3 is 19.5 Å². The molecule has 1 aliphatic rings. The Kier molecular flexibility index (Phi) is 4.85. The summed E-state index contributed by atoms with van der Waals surface area (Å²) in [6.45, 7) is 0. The molecule has 1 aromatic heterocycles. The van der Waals surface area contributed by atoms with Crippen LogP contribution in [0.1, 0.15) is 23.5 Å². The number of para-hydroxylation sites is 2. The first-order valence-corrected chi connectivity index (χ1v) is 8.94. The predicted octanol–water partition coefficient (Wildman–Crippen LogP) is 4.37. The minimum Gasteiger partial charge on any atom is -0.481 e. The zero-order valence-electron chi connectivity index (χ0n) is 15.6. The summed E-state index contributed by atoms with van der Waals surface area (Å²) in [5, 5.41) is 2.90. The summed E-state index contributed by atoms with van der Waals surface area (Å²) < 4.78 is 16.4. The molecule has 0 radical (unpaired) electrons. The van der Waals surface area contributed by atoms with Gasteiger partial charge in [-0.25, -0.2) is 0 Å². The van der Waals surface area contributed by atoms with Crippen molar-refractivity contribution in [3.05, 3.63) is 71.8 Å². The average Bonchev–Trinajstić information content (AvgIpc) is 2.73. The summed E-state index contributed by atoms with van der Waals surface area (Å²) in [6, 6.07) is 19.0.